The molecule has 1 N–H and O–H groups in total. The molecule has 0 atom stereocenters. The van der Waals surface area contributed by atoms with Crippen molar-refractivity contribution in [3.63, 3.8) is 0 Å². The molecule has 0 unspecified atom stereocenters. The fraction of sp³-hybridized carbons (Fsp3) is 0.429. The Hall–Kier alpha value is -0.980. The first-order chi connectivity index (χ1) is 8.97. The maximum absolute atomic E-state index is 12.6. The molecule has 20 heavy (non-hydrogen) atoms. The summed E-state index contributed by atoms with van der Waals surface area (Å²) in [5, 5.41) is 10.5. The summed E-state index contributed by atoms with van der Waals surface area (Å²) in [6.45, 7) is -1.84. The van der Waals surface area contributed by atoms with E-state index in [9.17, 15) is 36.1 Å². The second-order valence-electron chi connectivity index (χ2n) is 3.37. The Morgan fingerprint density at radius 1 is 1.50 bits per heavy atom. The number of sulfonamides is 1. The normalized spacial score (nSPS) is 12.9. The van der Waals surface area contributed by atoms with Gasteiger partial charge in [-0.15, -0.1) is 11.3 Å². The van der Waals surface area contributed by atoms with Gasteiger partial charge in [0.1, 0.15) is 4.21 Å². The van der Waals surface area contributed by atoms with E-state index < -0.39 is 48.1 Å². The summed E-state index contributed by atoms with van der Waals surface area (Å²) in [7, 11) is -4.60. The van der Waals surface area contributed by atoms with Crippen molar-refractivity contribution in [1.82, 2.24) is 4.72 Å². The molecular weight excluding hydrogens is 352 g/mol. The summed E-state index contributed by atoms with van der Waals surface area (Å²) in [5.41, 5.74) is -0.724. The summed E-state index contributed by atoms with van der Waals surface area (Å²) in [5.74, 6) is -4.56. The van der Waals surface area contributed by atoms with E-state index in [2.05, 4.69) is 0 Å². The van der Waals surface area contributed by atoms with Gasteiger partial charge in [0.05, 0.1) is 11.5 Å². The van der Waals surface area contributed by atoms with Crippen LogP contribution < -0.4 is 4.72 Å². The average molecular weight is 357 g/mol. The van der Waals surface area contributed by atoms with Crippen LogP contribution in [0.5, 0.6) is 0 Å². The quantitative estimate of drug-likeness (QED) is 0.482. The molecule has 0 saturated carbocycles. The van der Waals surface area contributed by atoms with Gasteiger partial charge in [-0.1, -0.05) is 11.6 Å². The largest absolute Gasteiger partial charge is 0.320 e. The molecule has 0 aromatic carbocycles. The average Bonchev–Trinajstić information content (AvgIpc) is 2.70. The van der Waals surface area contributed by atoms with Gasteiger partial charge in [-0.3, -0.25) is 10.1 Å². The maximum Gasteiger partial charge on any atom is 0.320 e. The van der Waals surface area contributed by atoms with Crippen molar-refractivity contribution in [3.8, 4) is 0 Å². The zero-order valence-electron chi connectivity index (χ0n) is 9.15. The fourth-order valence-corrected chi connectivity index (χ4v) is 3.69. The predicted octanol–water partition coefficient (Wildman–Crippen LogP) is 2.49. The lowest BCUT2D eigenvalue weighted by molar-refractivity contribution is -0.384. The number of thiophene rings is 1. The van der Waals surface area contributed by atoms with Crippen molar-refractivity contribution in [1.29, 1.82) is 0 Å². The zero-order valence-corrected chi connectivity index (χ0v) is 11.5. The fourth-order valence-electron chi connectivity index (χ4n) is 0.935. The van der Waals surface area contributed by atoms with E-state index in [1.54, 1.807) is 0 Å². The Morgan fingerprint density at radius 2 is 2.05 bits per heavy atom. The van der Waals surface area contributed by atoms with Crippen molar-refractivity contribution in [2.75, 3.05) is 6.54 Å². The van der Waals surface area contributed by atoms with E-state index in [4.69, 9.17) is 11.6 Å². The summed E-state index contributed by atoms with van der Waals surface area (Å²) >= 11 is 5.65. The van der Waals surface area contributed by atoms with E-state index in [0.29, 0.717) is 6.07 Å². The molecule has 1 rings (SSSR count). The van der Waals surface area contributed by atoms with Crippen LogP contribution in [0.3, 0.4) is 0 Å². The minimum absolute atomic E-state index is 0.250. The first-order valence-corrected chi connectivity index (χ1v) is 7.24. The zero-order chi connectivity index (χ0) is 15.7. The van der Waals surface area contributed by atoms with Crippen molar-refractivity contribution in [2.45, 2.75) is 16.6 Å². The molecule has 114 valence electrons. The molecule has 0 radical (unpaired) electrons. The van der Waals surface area contributed by atoms with Gasteiger partial charge >= 0.3 is 12.3 Å². The van der Waals surface area contributed by atoms with Crippen LogP contribution in [0.1, 0.15) is 0 Å². The number of rotatable bonds is 6. The molecule has 0 spiro atoms. The standard InChI is InChI=1S/C7H5ClF4N2O4S2/c8-5-3(14(15)16)1-4(19-5)20(17,18)13-2-7(11,12)6(9)10/h1,6,13H,2H2. The van der Waals surface area contributed by atoms with Crippen LogP contribution in [0.4, 0.5) is 23.2 Å². The molecule has 0 bridgehead atoms. The summed E-state index contributed by atoms with van der Waals surface area (Å²) in [6, 6.07) is 0.551. The van der Waals surface area contributed by atoms with Gasteiger partial charge in [-0.05, 0) is 0 Å². The van der Waals surface area contributed by atoms with Crippen LogP contribution in [0, 0.1) is 10.1 Å². The number of nitro groups is 1. The van der Waals surface area contributed by atoms with Crippen LogP contribution in [0.15, 0.2) is 10.3 Å². The highest BCUT2D eigenvalue weighted by molar-refractivity contribution is 7.91. The van der Waals surface area contributed by atoms with E-state index in [1.165, 1.54) is 4.72 Å². The lowest BCUT2D eigenvalue weighted by Crippen LogP contribution is -2.41. The van der Waals surface area contributed by atoms with Crippen LogP contribution in [-0.4, -0.2) is 32.2 Å². The summed E-state index contributed by atoms with van der Waals surface area (Å²) in [4.78, 5) is 9.50. The van der Waals surface area contributed by atoms with Crippen LogP contribution >= 0.6 is 22.9 Å². The Balaban J connectivity index is 2.96. The number of alkyl halides is 4. The highest BCUT2D eigenvalue weighted by atomic mass is 35.5. The molecule has 1 heterocycles. The van der Waals surface area contributed by atoms with Crippen molar-refractivity contribution < 1.29 is 30.9 Å². The van der Waals surface area contributed by atoms with Gasteiger partial charge in [0, 0.05) is 6.07 Å². The molecule has 0 aliphatic heterocycles. The Morgan fingerprint density at radius 3 is 2.45 bits per heavy atom. The highest BCUT2D eigenvalue weighted by Gasteiger charge is 2.42. The smallest absolute Gasteiger partial charge is 0.258 e. The number of nitrogens with zero attached hydrogens (tertiary/aromatic N) is 1. The lowest BCUT2D eigenvalue weighted by Gasteiger charge is -2.15. The van der Waals surface area contributed by atoms with Crippen LogP contribution in [0.25, 0.3) is 0 Å². The first kappa shape index (κ1) is 17.1. The molecule has 0 aliphatic rings. The Labute approximate surface area is 118 Å². The number of hydrogen-bond donors (Lipinski definition) is 1. The monoisotopic (exact) mass is 356 g/mol. The van der Waals surface area contributed by atoms with Gasteiger partial charge in [0.15, 0.2) is 4.34 Å². The molecule has 6 nitrogen and oxygen atoms in total. The first-order valence-electron chi connectivity index (χ1n) is 4.57. The van der Waals surface area contributed by atoms with Gasteiger partial charge in [-0.25, -0.2) is 21.9 Å². The van der Waals surface area contributed by atoms with E-state index in [-0.39, 0.29) is 11.3 Å². The van der Waals surface area contributed by atoms with Crippen LogP contribution in [-0.2, 0) is 10.0 Å². The minimum Gasteiger partial charge on any atom is -0.258 e. The SMILES string of the molecule is O=[N+]([O-])c1cc(S(=O)(=O)NCC(F)(F)C(F)F)sc1Cl. The lowest BCUT2D eigenvalue weighted by atomic mass is 10.4. The third-order valence-electron chi connectivity index (χ3n) is 1.92. The second kappa shape index (κ2) is 5.79. The molecule has 0 fully saturated rings. The maximum atomic E-state index is 12.6. The van der Waals surface area contributed by atoms with Gasteiger partial charge in [0.2, 0.25) is 0 Å². The minimum atomic E-state index is -4.60. The summed E-state index contributed by atoms with van der Waals surface area (Å²) < 4.78 is 72.0. The Kier molecular flexibility index (Phi) is 4.94. The molecular formula is C7H5ClF4N2O4S2. The molecule has 1 aromatic rings. The van der Waals surface area contributed by atoms with E-state index in [0.717, 1.165) is 0 Å². The molecule has 0 amide bonds. The van der Waals surface area contributed by atoms with E-state index >= 15 is 0 Å². The number of nitrogens with one attached hydrogen (secondary N) is 1. The highest BCUT2D eigenvalue weighted by Crippen LogP contribution is 2.36. The summed E-state index contributed by atoms with van der Waals surface area (Å²) in [6.07, 6.45) is -4.05. The number of hydrogen-bond acceptors (Lipinski definition) is 5. The predicted molar refractivity (Wildman–Crippen MR) is 62.1 cm³/mol. The molecule has 0 saturated heterocycles. The Bertz CT molecular complexity index is 618. The van der Waals surface area contributed by atoms with Crippen LogP contribution in [0.2, 0.25) is 4.34 Å². The molecule has 13 heteroatoms. The van der Waals surface area contributed by atoms with Crippen molar-refractivity contribution in [3.05, 3.63) is 20.5 Å². The van der Waals surface area contributed by atoms with Crippen molar-refractivity contribution >= 4 is 38.6 Å². The number of halogens is 5. The van der Waals surface area contributed by atoms with Gasteiger partial charge in [0.25, 0.3) is 15.7 Å². The van der Waals surface area contributed by atoms with Crippen molar-refractivity contribution in [2.24, 2.45) is 0 Å². The van der Waals surface area contributed by atoms with Gasteiger partial charge in [-0.2, -0.15) is 8.78 Å². The topological polar surface area (TPSA) is 89.3 Å². The van der Waals surface area contributed by atoms with E-state index in [1.807, 2.05) is 0 Å². The molecule has 0 aliphatic carbocycles. The third kappa shape index (κ3) is 3.77. The third-order valence-corrected chi connectivity index (χ3v) is 5.14. The molecule has 1 aromatic heterocycles. The van der Waals surface area contributed by atoms with Gasteiger partial charge < -0.3 is 0 Å². The second-order valence-corrected chi connectivity index (χ2v) is 7.02.